The van der Waals surface area contributed by atoms with Gasteiger partial charge in [-0.2, -0.15) is 0 Å². The third-order valence-electron chi connectivity index (χ3n) is 2.81. The summed E-state index contributed by atoms with van der Waals surface area (Å²) >= 11 is 1.26. The lowest BCUT2D eigenvalue weighted by atomic mass is 10.3. The molecule has 0 radical (unpaired) electrons. The maximum absolute atomic E-state index is 13.2. The molecule has 0 saturated carbocycles. The Kier molecular flexibility index (Phi) is 3.68. The van der Waals surface area contributed by atoms with Gasteiger partial charge < -0.3 is 10.1 Å². The molecule has 2 aromatic carbocycles. The van der Waals surface area contributed by atoms with Crippen LogP contribution < -0.4 is 5.32 Å². The second-order valence-corrected chi connectivity index (χ2v) is 5.52. The van der Waals surface area contributed by atoms with Crippen LogP contribution in [0.3, 0.4) is 0 Å². The molecule has 0 atom stereocenters. The molecule has 0 spiro atoms. The number of hydrogen-bond acceptors (Lipinski definition) is 3. The lowest BCUT2D eigenvalue weighted by Gasteiger charge is -2.02. The number of aromatic nitrogens is 2. The summed E-state index contributed by atoms with van der Waals surface area (Å²) < 4.78 is 26.1. The van der Waals surface area contributed by atoms with Gasteiger partial charge in [0.15, 0.2) is 11.6 Å². The lowest BCUT2D eigenvalue weighted by molar-refractivity contribution is 0.209. The second-order valence-electron chi connectivity index (χ2n) is 4.37. The molecule has 8 heteroatoms. The fourth-order valence-corrected chi connectivity index (χ4v) is 2.77. The van der Waals surface area contributed by atoms with Crippen LogP contribution in [0.15, 0.2) is 46.2 Å². The maximum Gasteiger partial charge on any atom is 0.411 e. The number of hydrogen-bond donors (Lipinski definition) is 3. The number of halogens is 2. The largest absolute Gasteiger partial charge is 0.465 e. The second kappa shape index (κ2) is 5.64. The zero-order chi connectivity index (χ0) is 15.7. The third-order valence-corrected chi connectivity index (χ3v) is 3.78. The van der Waals surface area contributed by atoms with Crippen molar-refractivity contribution in [3.8, 4) is 0 Å². The topological polar surface area (TPSA) is 78.0 Å². The highest BCUT2D eigenvalue weighted by Crippen LogP contribution is 2.30. The van der Waals surface area contributed by atoms with E-state index in [1.807, 2.05) is 0 Å². The van der Waals surface area contributed by atoms with Gasteiger partial charge in [-0.25, -0.2) is 18.6 Å². The minimum Gasteiger partial charge on any atom is -0.465 e. The van der Waals surface area contributed by atoms with Crippen LogP contribution in [-0.4, -0.2) is 21.2 Å². The monoisotopic (exact) mass is 321 g/mol. The molecule has 1 amide bonds. The van der Waals surface area contributed by atoms with Crippen molar-refractivity contribution in [3.63, 3.8) is 0 Å². The summed E-state index contributed by atoms with van der Waals surface area (Å²) in [6, 6.07) is 8.90. The SMILES string of the molecule is O=C(O)Nc1nc2ccc(Sc3ccc(F)c(F)c3)cc2[nH]1. The Hall–Kier alpha value is -2.61. The minimum atomic E-state index is -1.21. The lowest BCUT2D eigenvalue weighted by Crippen LogP contribution is -2.08. The molecule has 1 aromatic heterocycles. The number of carbonyl (C=O) groups is 1. The first-order chi connectivity index (χ1) is 10.5. The predicted molar refractivity (Wildman–Crippen MR) is 78.2 cm³/mol. The molecule has 0 aliphatic carbocycles. The van der Waals surface area contributed by atoms with Crippen molar-refractivity contribution in [1.82, 2.24) is 9.97 Å². The number of anilines is 1. The Labute approximate surface area is 127 Å². The number of benzene rings is 2. The van der Waals surface area contributed by atoms with Gasteiger partial charge in [-0.3, -0.25) is 5.32 Å². The first-order valence-corrected chi connectivity index (χ1v) is 6.95. The number of H-pyrrole nitrogens is 1. The van der Waals surface area contributed by atoms with Crippen LogP contribution in [0.4, 0.5) is 19.5 Å². The normalized spacial score (nSPS) is 10.8. The molecule has 3 N–H and O–H groups in total. The van der Waals surface area contributed by atoms with Gasteiger partial charge in [0.05, 0.1) is 11.0 Å². The number of amides is 1. The number of nitrogens with one attached hydrogen (secondary N) is 2. The zero-order valence-corrected chi connectivity index (χ0v) is 11.7. The molecule has 0 bridgehead atoms. The molecule has 5 nitrogen and oxygen atoms in total. The van der Waals surface area contributed by atoms with Crippen LogP contribution in [0.25, 0.3) is 11.0 Å². The number of carboxylic acid groups (broad SMARTS) is 1. The average Bonchev–Trinajstić information content (AvgIpc) is 2.83. The summed E-state index contributed by atoms with van der Waals surface area (Å²) in [6.45, 7) is 0. The van der Waals surface area contributed by atoms with Crippen LogP contribution in [0.5, 0.6) is 0 Å². The molecule has 112 valence electrons. The molecule has 0 unspecified atom stereocenters. The molecule has 3 aromatic rings. The number of fused-ring (bicyclic) bond motifs is 1. The van der Waals surface area contributed by atoms with Gasteiger partial charge >= 0.3 is 6.09 Å². The fourth-order valence-electron chi connectivity index (χ4n) is 1.89. The summed E-state index contributed by atoms with van der Waals surface area (Å²) in [5.74, 6) is -1.67. The van der Waals surface area contributed by atoms with Crippen molar-refractivity contribution < 1.29 is 18.7 Å². The van der Waals surface area contributed by atoms with Gasteiger partial charge in [0, 0.05) is 9.79 Å². The van der Waals surface area contributed by atoms with E-state index < -0.39 is 17.7 Å². The molecule has 0 aliphatic heterocycles. The minimum absolute atomic E-state index is 0.123. The first-order valence-electron chi connectivity index (χ1n) is 6.14. The smallest absolute Gasteiger partial charge is 0.411 e. The first kappa shape index (κ1) is 14.3. The van der Waals surface area contributed by atoms with Crippen molar-refractivity contribution in [2.45, 2.75) is 9.79 Å². The predicted octanol–water partition coefficient (Wildman–Crippen LogP) is 4.08. The summed E-state index contributed by atoms with van der Waals surface area (Å²) in [4.78, 5) is 18.8. The van der Waals surface area contributed by atoms with Crippen LogP contribution >= 0.6 is 11.8 Å². The molecule has 1 heterocycles. The van der Waals surface area contributed by atoms with Gasteiger partial charge in [0.25, 0.3) is 0 Å². The summed E-state index contributed by atoms with van der Waals surface area (Å²) in [7, 11) is 0. The van der Waals surface area contributed by atoms with Gasteiger partial charge in [-0.1, -0.05) is 11.8 Å². The average molecular weight is 321 g/mol. The molecule has 22 heavy (non-hydrogen) atoms. The Morgan fingerprint density at radius 2 is 1.86 bits per heavy atom. The Morgan fingerprint density at radius 1 is 1.14 bits per heavy atom. The molecule has 0 aliphatic rings. The Bertz CT molecular complexity index is 866. The number of imidazole rings is 1. The van der Waals surface area contributed by atoms with E-state index in [1.165, 1.54) is 17.8 Å². The Morgan fingerprint density at radius 3 is 2.59 bits per heavy atom. The van der Waals surface area contributed by atoms with E-state index in [0.29, 0.717) is 15.9 Å². The van der Waals surface area contributed by atoms with Crippen molar-refractivity contribution in [2.24, 2.45) is 0 Å². The number of rotatable bonds is 3. The summed E-state index contributed by atoms with van der Waals surface area (Å²) in [5.41, 5.74) is 1.23. The van der Waals surface area contributed by atoms with Crippen LogP contribution in [0, 0.1) is 11.6 Å². The van der Waals surface area contributed by atoms with Gasteiger partial charge in [0.2, 0.25) is 5.95 Å². The quantitative estimate of drug-likeness (QED) is 0.679. The summed E-state index contributed by atoms with van der Waals surface area (Å²) in [6.07, 6.45) is -1.21. The highest BCUT2D eigenvalue weighted by Gasteiger charge is 2.08. The zero-order valence-electron chi connectivity index (χ0n) is 10.9. The van der Waals surface area contributed by atoms with Crippen molar-refractivity contribution in [2.75, 3.05) is 5.32 Å². The number of aromatic amines is 1. The van der Waals surface area contributed by atoms with Gasteiger partial charge in [-0.05, 0) is 36.4 Å². The van der Waals surface area contributed by atoms with Crippen molar-refractivity contribution >= 4 is 34.8 Å². The van der Waals surface area contributed by atoms with Crippen LogP contribution in [0.1, 0.15) is 0 Å². The van der Waals surface area contributed by atoms with Crippen molar-refractivity contribution in [1.29, 1.82) is 0 Å². The van der Waals surface area contributed by atoms with Gasteiger partial charge in [0.1, 0.15) is 0 Å². The van der Waals surface area contributed by atoms with E-state index >= 15 is 0 Å². The number of nitrogens with zero attached hydrogens (tertiary/aromatic N) is 1. The van der Waals surface area contributed by atoms with E-state index in [-0.39, 0.29) is 5.95 Å². The van der Waals surface area contributed by atoms with E-state index in [1.54, 1.807) is 18.2 Å². The third kappa shape index (κ3) is 3.01. The van der Waals surface area contributed by atoms with Crippen molar-refractivity contribution in [3.05, 3.63) is 48.0 Å². The Balaban J connectivity index is 1.87. The van der Waals surface area contributed by atoms with Crippen LogP contribution in [-0.2, 0) is 0 Å². The molecule has 0 saturated heterocycles. The molecule has 3 rings (SSSR count). The van der Waals surface area contributed by atoms with E-state index in [9.17, 15) is 13.6 Å². The van der Waals surface area contributed by atoms with Crippen LogP contribution in [0.2, 0.25) is 0 Å². The molecular weight excluding hydrogens is 312 g/mol. The fraction of sp³-hybridized carbons (Fsp3) is 0. The standard InChI is InChI=1S/C14H9F2N3O2S/c15-9-3-1-7(5-10(9)16)22-8-2-4-11-12(6-8)18-13(17-11)19-14(20)21/h1-6H,(H,20,21)(H2,17,18,19). The molecule has 0 fully saturated rings. The highest BCUT2D eigenvalue weighted by molar-refractivity contribution is 7.99. The van der Waals surface area contributed by atoms with E-state index in [0.717, 1.165) is 17.0 Å². The molecular formula is C14H9F2N3O2S. The highest BCUT2D eigenvalue weighted by atomic mass is 32.2. The van der Waals surface area contributed by atoms with Gasteiger partial charge in [-0.15, -0.1) is 0 Å². The van der Waals surface area contributed by atoms with E-state index in [2.05, 4.69) is 15.3 Å². The maximum atomic E-state index is 13.2. The van der Waals surface area contributed by atoms with E-state index in [4.69, 9.17) is 5.11 Å². The summed E-state index contributed by atoms with van der Waals surface area (Å²) in [5, 5.41) is 10.8.